The number of aliphatic hydroxyl groups is 1. The van der Waals surface area contributed by atoms with Crippen LogP contribution in [0.3, 0.4) is 0 Å². The third-order valence-electron chi connectivity index (χ3n) is 2.99. The average Bonchev–Trinajstić information content (AvgIpc) is 2.30. The Bertz CT molecular complexity index is 399. The number of amides is 1. The molecule has 0 bridgehead atoms. The van der Waals surface area contributed by atoms with Gasteiger partial charge in [-0.1, -0.05) is 12.1 Å². The Balaban J connectivity index is 2.13. The molecule has 1 aromatic carbocycles. The molecule has 1 aliphatic rings. The summed E-state index contributed by atoms with van der Waals surface area (Å²) in [6, 6.07) is 6.95. The average molecular weight is 253 g/mol. The summed E-state index contributed by atoms with van der Waals surface area (Å²) < 4.78 is 0. The highest BCUT2D eigenvalue weighted by atomic mass is 32.2. The van der Waals surface area contributed by atoms with Gasteiger partial charge in [0.25, 0.3) is 0 Å². The van der Waals surface area contributed by atoms with Crippen molar-refractivity contribution in [1.29, 1.82) is 0 Å². The number of rotatable bonds is 2. The second kappa shape index (κ2) is 4.98. The number of anilines is 1. The molecule has 4 nitrogen and oxygen atoms in total. The van der Waals surface area contributed by atoms with Gasteiger partial charge in [0.1, 0.15) is 0 Å². The molecule has 5 heteroatoms. The molecule has 0 radical (unpaired) electrons. The van der Waals surface area contributed by atoms with Gasteiger partial charge in [-0.2, -0.15) is 11.8 Å². The van der Waals surface area contributed by atoms with Crippen LogP contribution in [0.1, 0.15) is 18.4 Å². The lowest BCUT2D eigenvalue weighted by atomic mass is 9.88. The van der Waals surface area contributed by atoms with Crippen molar-refractivity contribution in [1.82, 2.24) is 0 Å². The predicted octanol–water partition coefficient (Wildman–Crippen LogP) is 2.49. The quantitative estimate of drug-likeness (QED) is 0.757. The van der Waals surface area contributed by atoms with Crippen LogP contribution in [0.5, 0.6) is 0 Å². The molecule has 92 valence electrons. The third-order valence-corrected chi connectivity index (χ3v) is 3.98. The summed E-state index contributed by atoms with van der Waals surface area (Å²) in [5.41, 5.74) is 0.649. The third kappa shape index (κ3) is 2.92. The van der Waals surface area contributed by atoms with E-state index in [1.807, 2.05) is 11.8 Å². The lowest BCUT2D eigenvalue weighted by molar-refractivity contribution is 0.0281. The van der Waals surface area contributed by atoms with E-state index in [1.165, 1.54) is 0 Å². The first-order valence-electron chi connectivity index (χ1n) is 5.51. The van der Waals surface area contributed by atoms with Crippen LogP contribution in [-0.2, 0) is 5.60 Å². The topological polar surface area (TPSA) is 69.6 Å². The van der Waals surface area contributed by atoms with Crippen molar-refractivity contribution in [3.63, 3.8) is 0 Å². The second-order valence-corrected chi connectivity index (χ2v) is 5.38. The van der Waals surface area contributed by atoms with E-state index < -0.39 is 11.7 Å². The van der Waals surface area contributed by atoms with Crippen molar-refractivity contribution in [2.24, 2.45) is 0 Å². The standard InChI is InChI=1S/C12H15NO3S/c14-11(15)13-10-3-1-9(2-4-10)12(16)5-7-17-8-6-12/h1-4,13,16H,5-8H2,(H,14,15). The van der Waals surface area contributed by atoms with Crippen LogP contribution in [0.4, 0.5) is 10.5 Å². The van der Waals surface area contributed by atoms with Crippen molar-refractivity contribution in [3.8, 4) is 0 Å². The number of carbonyl (C=O) groups is 1. The van der Waals surface area contributed by atoms with E-state index in [4.69, 9.17) is 5.11 Å². The van der Waals surface area contributed by atoms with Crippen LogP contribution < -0.4 is 5.32 Å². The molecule has 0 spiro atoms. The molecule has 2 rings (SSSR count). The zero-order chi connectivity index (χ0) is 12.3. The maximum absolute atomic E-state index is 10.5. The Kier molecular flexibility index (Phi) is 3.59. The number of nitrogens with one attached hydrogen (secondary N) is 1. The Morgan fingerprint density at radius 1 is 1.24 bits per heavy atom. The van der Waals surface area contributed by atoms with Gasteiger partial charge >= 0.3 is 6.09 Å². The van der Waals surface area contributed by atoms with Crippen molar-refractivity contribution in [2.75, 3.05) is 16.8 Å². The zero-order valence-corrected chi connectivity index (χ0v) is 10.2. The molecule has 1 heterocycles. The van der Waals surface area contributed by atoms with Gasteiger partial charge < -0.3 is 10.2 Å². The van der Waals surface area contributed by atoms with Gasteiger partial charge in [-0.15, -0.1) is 0 Å². The first kappa shape index (κ1) is 12.3. The van der Waals surface area contributed by atoms with E-state index in [0.717, 1.165) is 29.9 Å². The molecule has 1 amide bonds. The van der Waals surface area contributed by atoms with Gasteiger partial charge in [0.15, 0.2) is 0 Å². The minimum atomic E-state index is -1.08. The fourth-order valence-electron chi connectivity index (χ4n) is 1.99. The zero-order valence-electron chi connectivity index (χ0n) is 9.35. The number of hydrogen-bond donors (Lipinski definition) is 3. The molecule has 17 heavy (non-hydrogen) atoms. The van der Waals surface area contributed by atoms with Crippen molar-refractivity contribution in [2.45, 2.75) is 18.4 Å². The number of carboxylic acid groups (broad SMARTS) is 1. The van der Waals surface area contributed by atoms with E-state index >= 15 is 0 Å². The highest BCUT2D eigenvalue weighted by Crippen LogP contribution is 2.36. The summed E-state index contributed by atoms with van der Waals surface area (Å²) in [6.07, 6.45) is 0.428. The van der Waals surface area contributed by atoms with Crippen LogP contribution in [0, 0.1) is 0 Å². The first-order chi connectivity index (χ1) is 8.10. The van der Waals surface area contributed by atoms with E-state index in [0.29, 0.717) is 5.69 Å². The molecule has 0 atom stereocenters. The highest BCUT2D eigenvalue weighted by molar-refractivity contribution is 7.99. The summed E-state index contributed by atoms with van der Waals surface area (Å²) in [5, 5.41) is 21.3. The fourth-order valence-corrected chi connectivity index (χ4v) is 3.15. The Morgan fingerprint density at radius 3 is 2.35 bits per heavy atom. The Morgan fingerprint density at radius 2 is 1.82 bits per heavy atom. The molecule has 1 aliphatic heterocycles. The number of thioether (sulfide) groups is 1. The van der Waals surface area contributed by atoms with Crippen molar-refractivity contribution in [3.05, 3.63) is 29.8 Å². The summed E-state index contributed by atoms with van der Waals surface area (Å²) in [7, 11) is 0. The van der Waals surface area contributed by atoms with Gasteiger partial charge in [-0.25, -0.2) is 4.79 Å². The second-order valence-electron chi connectivity index (χ2n) is 4.15. The van der Waals surface area contributed by atoms with Gasteiger partial charge in [0.2, 0.25) is 0 Å². The minimum absolute atomic E-state index is 0.523. The van der Waals surface area contributed by atoms with Gasteiger partial charge in [-0.3, -0.25) is 5.32 Å². The van der Waals surface area contributed by atoms with Crippen LogP contribution in [0.2, 0.25) is 0 Å². The van der Waals surface area contributed by atoms with Gasteiger partial charge in [-0.05, 0) is 42.0 Å². The molecule has 1 saturated heterocycles. The largest absolute Gasteiger partial charge is 0.465 e. The SMILES string of the molecule is O=C(O)Nc1ccc(C2(O)CCSCC2)cc1. The van der Waals surface area contributed by atoms with Crippen LogP contribution in [0.25, 0.3) is 0 Å². The molecule has 0 saturated carbocycles. The van der Waals surface area contributed by atoms with E-state index in [1.54, 1.807) is 24.3 Å². The molecular formula is C12H15NO3S. The van der Waals surface area contributed by atoms with Crippen molar-refractivity contribution >= 4 is 23.5 Å². The first-order valence-corrected chi connectivity index (χ1v) is 6.66. The lowest BCUT2D eigenvalue weighted by Crippen LogP contribution is -2.30. The number of benzene rings is 1. The molecule has 3 N–H and O–H groups in total. The Labute approximate surface area is 104 Å². The monoisotopic (exact) mass is 253 g/mol. The molecule has 0 unspecified atom stereocenters. The van der Waals surface area contributed by atoms with Gasteiger partial charge in [0, 0.05) is 5.69 Å². The van der Waals surface area contributed by atoms with Crippen LogP contribution >= 0.6 is 11.8 Å². The van der Waals surface area contributed by atoms with Crippen LogP contribution in [0.15, 0.2) is 24.3 Å². The van der Waals surface area contributed by atoms with E-state index in [-0.39, 0.29) is 0 Å². The normalized spacial score (nSPS) is 18.6. The predicted molar refractivity (Wildman–Crippen MR) is 68.5 cm³/mol. The van der Waals surface area contributed by atoms with Gasteiger partial charge in [0.05, 0.1) is 5.60 Å². The van der Waals surface area contributed by atoms with Crippen LogP contribution in [-0.4, -0.2) is 27.8 Å². The van der Waals surface area contributed by atoms with Crippen molar-refractivity contribution < 1.29 is 15.0 Å². The molecule has 1 fully saturated rings. The maximum atomic E-state index is 10.5. The minimum Gasteiger partial charge on any atom is -0.465 e. The fraction of sp³-hybridized carbons (Fsp3) is 0.417. The summed E-state index contributed by atoms with van der Waals surface area (Å²) in [5.74, 6) is 1.93. The maximum Gasteiger partial charge on any atom is 0.409 e. The molecule has 0 aromatic heterocycles. The van der Waals surface area contributed by atoms with E-state index in [2.05, 4.69) is 5.32 Å². The molecule has 0 aliphatic carbocycles. The summed E-state index contributed by atoms with van der Waals surface area (Å²) in [4.78, 5) is 10.5. The Hall–Kier alpha value is -1.20. The lowest BCUT2D eigenvalue weighted by Gasteiger charge is -2.32. The summed E-state index contributed by atoms with van der Waals surface area (Å²) in [6.45, 7) is 0. The smallest absolute Gasteiger partial charge is 0.409 e. The van der Waals surface area contributed by atoms with E-state index in [9.17, 15) is 9.90 Å². The number of hydrogen-bond acceptors (Lipinski definition) is 3. The highest BCUT2D eigenvalue weighted by Gasteiger charge is 2.31. The molecule has 1 aromatic rings. The summed E-state index contributed by atoms with van der Waals surface area (Å²) >= 11 is 1.85. The molecular weight excluding hydrogens is 238 g/mol.